The van der Waals surface area contributed by atoms with Crippen LogP contribution in [0.25, 0.3) is 16.7 Å². The van der Waals surface area contributed by atoms with Crippen molar-refractivity contribution in [1.29, 1.82) is 0 Å². The van der Waals surface area contributed by atoms with Crippen LogP contribution in [0.5, 0.6) is 11.5 Å². The van der Waals surface area contributed by atoms with Gasteiger partial charge in [0.2, 0.25) is 5.91 Å². The Morgan fingerprint density at radius 3 is 2.68 bits per heavy atom. The first-order valence-electron chi connectivity index (χ1n) is 9.53. The highest BCUT2D eigenvalue weighted by Crippen LogP contribution is 2.28. The minimum Gasteiger partial charge on any atom is -0.497 e. The maximum absolute atomic E-state index is 12.9. The number of hydrogen-bond acceptors (Lipinski definition) is 6. The summed E-state index contributed by atoms with van der Waals surface area (Å²) in [6, 6.07) is 12.8. The topological polar surface area (TPSA) is 100 Å². The lowest BCUT2D eigenvalue weighted by Crippen LogP contribution is -2.28. The lowest BCUT2D eigenvalue weighted by atomic mass is 10.2. The van der Waals surface area contributed by atoms with E-state index in [0.717, 1.165) is 11.3 Å². The number of rotatable bonds is 6. The number of fused-ring (bicyclic) bond motifs is 1. The predicted octanol–water partition coefficient (Wildman–Crippen LogP) is 2.55. The molecule has 0 aliphatic carbocycles. The molecule has 0 aliphatic rings. The molecule has 2 aromatic heterocycles. The van der Waals surface area contributed by atoms with Crippen LogP contribution in [-0.2, 0) is 11.3 Å². The zero-order valence-corrected chi connectivity index (χ0v) is 17.3. The molecule has 0 saturated carbocycles. The fourth-order valence-electron chi connectivity index (χ4n) is 3.29. The van der Waals surface area contributed by atoms with E-state index in [1.807, 2.05) is 31.2 Å². The molecule has 0 atom stereocenters. The van der Waals surface area contributed by atoms with Crippen LogP contribution in [0.4, 0.5) is 5.69 Å². The number of carbonyl (C=O) groups is 1. The van der Waals surface area contributed by atoms with Crippen LogP contribution in [0.3, 0.4) is 0 Å². The Balaban J connectivity index is 1.61. The summed E-state index contributed by atoms with van der Waals surface area (Å²) in [5.74, 6) is 0.649. The number of aryl methyl sites for hydroxylation is 1. The van der Waals surface area contributed by atoms with E-state index in [1.165, 1.54) is 31.3 Å². The van der Waals surface area contributed by atoms with Gasteiger partial charge in [-0.1, -0.05) is 18.2 Å². The molecule has 2 aromatic carbocycles. The van der Waals surface area contributed by atoms with Gasteiger partial charge in [0.1, 0.15) is 29.8 Å². The lowest BCUT2D eigenvalue weighted by molar-refractivity contribution is -0.116. The molecule has 0 aliphatic heterocycles. The van der Waals surface area contributed by atoms with Crippen LogP contribution >= 0.6 is 0 Å². The summed E-state index contributed by atoms with van der Waals surface area (Å²) in [7, 11) is 3.04. The second kappa shape index (κ2) is 8.31. The van der Waals surface area contributed by atoms with Crippen LogP contribution < -0.4 is 20.3 Å². The molecule has 0 radical (unpaired) electrons. The van der Waals surface area contributed by atoms with Gasteiger partial charge in [-0.05, 0) is 30.7 Å². The summed E-state index contributed by atoms with van der Waals surface area (Å²) in [4.78, 5) is 29.9. The van der Waals surface area contributed by atoms with E-state index in [-0.39, 0.29) is 12.1 Å². The first kappa shape index (κ1) is 20.1. The quantitative estimate of drug-likeness (QED) is 0.516. The molecule has 2 heterocycles. The number of hydrogen-bond donors (Lipinski definition) is 1. The van der Waals surface area contributed by atoms with Crippen molar-refractivity contribution in [3.8, 4) is 17.2 Å². The van der Waals surface area contributed by atoms with Crippen LogP contribution in [-0.4, -0.2) is 39.5 Å². The minimum absolute atomic E-state index is 0.211. The average molecular weight is 419 g/mol. The Morgan fingerprint density at radius 1 is 1.13 bits per heavy atom. The van der Waals surface area contributed by atoms with Gasteiger partial charge in [0.05, 0.1) is 31.8 Å². The van der Waals surface area contributed by atoms with E-state index < -0.39 is 5.91 Å². The molecule has 1 amide bonds. The average Bonchev–Trinajstić information content (AvgIpc) is 3.20. The maximum atomic E-state index is 12.9. The van der Waals surface area contributed by atoms with E-state index in [4.69, 9.17) is 9.47 Å². The van der Waals surface area contributed by atoms with Crippen molar-refractivity contribution in [1.82, 2.24) is 19.3 Å². The summed E-state index contributed by atoms with van der Waals surface area (Å²) in [5, 5.41) is 7.40. The Morgan fingerprint density at radius 2 is 1.94 bits per heavy atom. The third-order valence-corrected chi connectivity index (χ3v) is 4.89. The normalized spacial score (nSPS) is 10.8. The van der Waals surface area contributed by atoms with Gasteiger partial charge >= 0.3 is 0 Å². The molecular formula is C22H21N5O4. The van der Waals surface area contributed by atoms with Crippen molar-refractivity contribution in [2.24, 2.45) is 0 Å². The Hall–Kier alpha value is -4.14. The van der Waals surface area contributed by atoms with Gasteiger partial charge < -0.3 is 14.8 Å². The highest BCUT2D eigenvalue weighted by atomic mass is 16.5. The van der Waals surface area contributed by atoms with Gasteiger partial charge in [0.15, 0.2) is 5.65 Å². The van der Waals surface area contributed by atoms with Gasteiger partial charge in [-0.2, -0.15) is 5.10 Å². The number of ether oxygens (including phenoxy) is 2. The first-order valence-corrected chi connectivity index (χ1v) is 9.53. The molecule has 31 heavy (non-hydrogen) atoms. The van der Waals surface area contributed by atoms with Gasteiger partial charge in [0, 0.05) is 6.07 Å². The number of anilines is 1. The van der Waals surface area contributed by atoms with Crippen molar-refractivity contribution in [3.63, 3.8) is 0 Å². The number of methoxy groups -OCH3 is 2. The molecule has 0 spiro atoms. The maximum Gasteiger partial charge on any atom is 0.264 e. The summed E-state index contributed by atoms with van der Waals surface area (Å²) in [6.07, 6.45) is 2.82. The Labute approximate surface area is 177 Å². The standard InChI is InChI=1S/C22H21N5O4/c1-14-6-4-5-7-18(14)27-21-16(11-24-27)22(29)26(13-23-21)12-20(28)25-17-10-15(30-2)8-9-19(17)31-3/h4-11,13H,12H2,1-3H3,(H,25,28). The molecule has 9 heteroatoms. The molecular weight excluding hydrogens is 398 g/mol. The lowest BCUT2D eigenvalue weighted by Gasteiger charge is -2.12. The van der Waals surface area contributed by atoms with Crippen molar-refractivity contribution < 1.29 is 14.3 Å². The molecule has 0 bridgehead atoms. The SMILES string of the molecule is COc1ccc(OC)c(NC(=O)Cn2cnc3c(cnn3-c3ccccc3C)c2=O)c1. The zero-order chi connectivity index (χ0) is 22.0. The fourth-order valence-corrected chi connectivity index (χ4v) is 3.29. The largest absolute Gasteiger partial charge is 0.497 e. The van der Waals surface area contributed by atoms with Crippen LogP contribution in [0.1, 0.15) is 5.56 Å². The van der Waals surface area contributed by atoms with Crippen LogP contribution in [0.15, 0.2) is 59.8 Å². The smallest absolute Gasteiger partial charge is 0.264 e. The van der Waals surface area contributed by atoms with Crippen LogP contribution in [0.2, 0.25) is 0 Å². The molecule has 0 unspecified atom stereocenters. The minimum atomic E-state index is -0.402. The zero-order valence-electron chi connectivity index (χ0n) is 17.3. The van der Waals surface area contributed by atoms with Crippen molar-refractivity contribution in [3.05, 3.63) is 70.9 Å². The number of nitrogens with zero attached hydrogens (tertiary/aromatic N) is 4. The number of benzene rings is 2. The van der Waals surface area contributed by atoms with E-state index in [2.05, 4.69) is 15.4 Å². The van der Waals surface area contributed by atoms with E-state index in [0.29, 0.717) is 28.2 Å². The summed E-state index contributed by atoms with van der Waals surface area (Å²) in [5.41, 5.74) is 2.37. The molecule has 4 aromatic rings. The summed E-state index contributed by atoms with van der Waals surface area (Å²) in [6.45, 7) is 1.75. The number of nitrogens with one attached hydrogen (secondary N) is 1. The van der Waals surface area contributed by atoms with Crippen molar-refractivity contribution in [2.45, 2.75) is 13.5 Å². The Kier molecular flexibility index (Phi) is 5.40. The van der Waals surface area contributed by atoms with Crippen LogP contribution in [0, 0.1) is 6.92 Å². The first-order chi connectivity index (χ1) is 15.0. The van der Waals surface area contributed by atoms with Gasteiger partial charge in [-0.25, -0.2) is 9.67 Å². The number of aromatic nitrogens is 4. The summed E-state index contributed by atoms with van der Waals surface area (Å²) >= 11 is 0. The van der Waals surface area contributed by atoms with E-state index in [1.54, 1.807) is 22.9 Å². The highest BCUT2D eigenvalue weighted by Gasteiger charge is 2.15. The predicted molar refractivity (Wildman–Crippen MR) is 116 cm³/mol. The van der Waals surface area contributed by atoms with Gasteiger partial charge in [-0.3, -0.25) is 14.2 Å². The molecule has 158 valence electrons. The van der Waals surface area contributed by atoms with Gasteiger partial charge in [0.25, 0.3) is 5.56 Å². The third-order valence-electron chi connectivity index (χ3n) is 4.89. The molecule has 4 rings (SSSR count). The van der Waals surface area contributed by atoms with E-state index in [9.17, 15) is 9.59 Å². The number of carbonyl (C=O) groups excluding carboxylic acids is 1. The monoisotopic (exact) mass is 419 g/mol. The second-order valence-corrected chi connectivity index (χ2v) is 6.87. The molecule has 1 N–H and O–H groups in total. The highest BCUT2D eigenvalue weighted by molar-refractivity contribution is 5.92. The second-order valence-electron chi connectivity index (χ2n) is 6.87. The van der Waals surface area contributed by atoms with Crippen molar-refractivity contribution in [2.75, 3.05) is 19.5 Å². The fraction of sp³-hybridized carbons (Fsp3) is 0.182. The van der Waals surface area contributed by atoms with E-state index >= 15 is 0 Å². The molecule has 0 saturated heterocycles. The van der Waals surface area contributed by atoms with Crippen molar-refractivity contribution >= 4 is 22.6 Å². The molecule has 9 nitrogen and oxygen atoms in total. The number of amides is 1. The van der Waals surface area contributed by atoms with Gasteiger partial charge in [-0.15, -0.1) is 0 Å². The third kappa shape index (κ3) is 3.85. The number of para-hydroxylation sites is 1. The summed E-state index contributed by atoms with van der Waals surface area (Å²) < 4.78 is 13.3. The Bertz CT molecular complexity index is 1330. The molecule has 0 fully saturated rings.